The Labute approximate surface area is 93.4 Å². The largest absolute Gasteiger partial charge is 0.480 e. The van der Waals surface area contributed by atoms with E-state index in [1.165, 1.54) is 0 Å². The number of carboxylic acid groups (broad SMARTS) is 1. The second-order valence-corrected chi connectivity index (χ2v) is 3.71. The number of hydrogen-bond acceptors (Lipinski definition) is 4. The van der Waals surface area contributed by atoms with E-state index in [4.69, 9.17) is 15.6 Å². The van der Waals surface area contributed by atoms with Crippen LogP contribution in [-0.4, -0.2) is 35.9 Å². The molecule has 0 unspecified atom stereocenters. The zero-order valence-corrected chi connectivity index (χ0v) is 9.10. The van der Waals surface area contributed by atoms with Gasteiger partial charge >= 0.3 is 5.97 Å². The van der Waals surface area contributed by atoms with E-state index in [1.54, 1.807) is 0 Å². The highest BCUT2D eigenvalue weighted by Crippen LogP contribution is 2.10. The molecule has 0 bridgehead atoms. The number of carboxylic acids is 1. The van der Waals surface area contributed by atoms with Gasteiger partial charge in [-0.05, 0) is 18.9 Å². The molecule has 0 aromatic rings. The molecular weight excluding hydrogens is 212 g/mol. The van der Waals surface area contributed by atoms with Crippen molar-refractivity contribution in [1.29, 1.82) is 0 Å². The molecule has 0 radical (unpaired) electrons. The minimum atomic E-state index is -1.10. The average Bonchev–Trinajstić information content (AvgIpc) is 2.60. The van der Waals surface area contributed by atoms with Gasteiger partial charge in [0.2, 0.25) is 5.91 Å². The van der Waals surface area contributed by atoms with Crippen LogP contribution in [0.1, 0.15) is 19.8 Å². The first kappa shape index (κ1) is 12.7. The van der Waals surface area contributed by atoms with E-state index in [0.29, 0.717) is 6.61 Å². The first-order valence-corrected chi connectivity index (χ1v) is 5.06. The first-order chi connectivity index (χ1) is 7.50. The molecule has 1 aliphatic heterocycles. The molecule has 1 aliphatic rings. The zero-order valence-electron chi connectivity index (χ0n) is 9.10. The third-order valence-electron chi connectivity index (χ3n) is 2.37. The number of ether oxygens (including phenoxy) is 1. The van der Waals surface area contributed by atoms with E-state index in [9.17, 15) is 9.59 Å². The highest BCUT2D eigenvalue weighted by Gasteiger charge is 2.19. The van der Waals surface area contributed by atoms with Gasteiger partial charge in [-0.15, -0.1) is 0 Å². The maximum Gasteiger partial charge on any atom is 0.320 e. The summed E-state index contributed by atoms with van der Waals surface area (Å²) in [4.78, 5) is 21.8. The van der Waals surface area contributed by atoms with Crippen molar-refractivity contribution >= 4 is 11.9 Å². The highest BCUT2D eigenvalue weighted by molar-refractivity contribution is 5.78. The monoisotopic (exact) mass is 228 g/mol. The van der Waals surface area contributed by atoms with Gasteiger partial charge in [0.05, 0.1) is 6.61 Å². The minimum Gasteiger partial charge on any atom is -0.480 e. The summed E-state index contributed by atoms with van der Waals surface area (Å²) >= 11 is 0. The van der Waals surface area contributed by atoms with Gasteiger partial charge in [-0.2, -0.15) is 0 Å². The van der Waals surface area contributed by atoms with E-state index < -0.39 is 12.0 Å². The fraction of sp³-hybridized carbons (Fsp3) is 0.600. The van der Waals surface area contributed by atoms with E-state index in [2.05, 4.69) is 5.32 Å². The number of carbonyl (C=O) groups is 2. The van der Waals surface area contributed by atoms with Crippen LogP contribution in [0.15, 0.2) is 11.6 Å². The zero-order chi connectivity index (χ0) is 12.1. The molecule has 4 N–H and O–H groups in total. The smallest absolute Gasteiger partial charge is 0.320 e. The minimum absolute atomic E-state index is 0.0839. The van der Waals surface area contributed by atoms with Crippen molar-refractivity contribution in [3.05, 3.63) is 11.6 Å². The van der Waals surface area contributed by atoms with Gasteiger partial charge in [0, 0.05) is 6.42 Å². The van der Waals surface area contributed by atoms with Crippen LogP contribution < -0.4 is 11.1 Å². The Bertz CT molecular complexity index is 314. The Morgan fingerprint density at radius 3 is 2.94 bits per heavy atom. The molecule has 90 valence electrons. The molecule has 0 fully saturated rings. The van der Waals surface area contributed by atoms with Crippen molar-refractivity contribution in [3.8, 4) is 0 Å². The van der Waals surface area contributed by atoms with Crippen molar-refractivity contribution in [3.63, 3.8) is 0 Å². The Hall–Kier alpha value is -1.40. The maximum atomic E-state index is 11.4. The Morgan fingerprint density at radius 2 is 2.44 bits per heavy atom. The van der Waals surface area contributed by atoms with Crippen LogP contribution in [0, 0.1) is 0 Å². The van der Waals surface area contributed by atoms with Crippen molar-refractivity contribution in [2.24, 2.45) is 5.73 Å². The summed E-state index contributed by atoms with van der Waals surface area (Å²) < 4.78 is 5.22. The average molecular weight is 228 g/mol. The van der Waals surface area contributed by atoms with Gasteiger partial charge < -0.3 is 20.9 Å². The number of amides is 1. The van der Waals surface area contributed by atoms with E-state index >= 15 is 0 Å². The lowest BCUT2D eigenvalue weighted by molar-refractivity contribution is -0.138. The molecular formula is C10H16N2O4. The van der Waals surface area contributed by atoms with Gasteiger partial charge in [0.1, 0.15) is 6.04 Å². The second kappa shape index (κ2) is 5.62. The second-order valence-electron chi connectivity index (χ2n) is 3.71. The predicted octanol–water partition coefficient (Wildman–Crippen LogP) is -0.403. The number of hydrogen-bond donors (Lipinski definition) is 3. The third-order valence-corrected chi connectivity index (χ3v) is 2.37. The van der Waals surface area contributed by atoms with Crippen molar-refractivity contribution < 1.29 is 19.4 Å². The number of nitrogens with two attached hydrogens (primary N) is 1. The first-order valence-electron chi connectivity index (χ1n) is 5.06. The molecule has 0 aliphatic carbocycles. The van der Waals surface area contributed by atoms with Crippen LogP contribution in [-0.2, 0) is 14.3 Å². The van der Waals surface area contributed by atoms with Crippen LogP contribution in [0.2, 0.25) is 0 Å². The Kier molecular flexibility index (Phi) is 4.45. The molecule has 1 amide bonds. The summed E-state index contributed by atoms with van der Waals surface area (Å²) in [5.74, 6) is -1.35. The van der Waals surface area contributed by atoms with Crippen LogP contribution in [0.25, 0.3) is 0 Å². The lowest BCUT2D eigenvalue weighted by atomic mass is 10.1. The van der Waals surface area contributed by atoms with Gasteiger partial charge in [-0.3, -0.25) is 9.59 Å². The molecule has 6 heteroatoms. The molecule has 0 spiro atoms. The molecule has 0 saturated carbocycles. The summed E-state index contributed by atoms with van der Waals surface area (Å²) in [6.45, 7) is 2.35. The topological polar surface area (TPSA) is 102 Å². The van der Waals surface area contributed by atoms with Gasteiger partial charge in [0.15, 0.2) is 6.23 Å². The SMILES string of the molecule is CC1=CCO[C@@H]1NC(=O)CC[C@@H](N)C(=O)O. The van der Waals surface area contributed by atoms with Crippen molar-refractivity contribution in [1.82, 2.24) is 5.32 Å². The predicted molar refractivity (Wildman–Crippen MR) is 56.5 cm³/mol. The summed E-state index contributed by atoms with van der Waals surface area (Å²) in [6, 6.07) is -0.994. The van der Waals surface area contributed by atoms with Crippen LogP contribution in [0.5, 0.6) is 0 Å². The number of carbonyl (C=O) groups excluding carboxylic acids is 1. The molecule has 0 aromatic carbocycles. The van der Waals surface area contributed by atoms with Gasteiger partial charge in [-0.1, -0.05) is 6.08 Å². The van der Waals surface area contributed by atoms with Crippen LogP contribution >= 0.6 is 0 Å². The van der Waals surface area contributed by atoms with Crippen molar-refractivity contribution in [2.75, 3.05) is 6.61 Å². The number of rotatable bonds is 5. The Morgan fingerprint density at radius 1 is 1.75 bits per heavy atom. The molecule has 0 aromatic heterocycles. The molecule has 16 heavy (non-hydrogen) atoms. The van der Waals surface area contributed by atoms with Gasteiger partial charge in [0.25, 0.3) is 0 Å². The van der Waals surface area contributed by atoms with E-state index in [1.807, 2.05) is 13.0 Å². The standard InChI is InChI=1S/C10H16N2O4/c1-6-4-5-16-9(6)12-8(13)3-2-7(11)10(14)15/h4,7,9H,2-3,5,11H2,1H3,(H,12,13)(H,14,15)/t7-,9+/m1/s1. The summed E-state index contributed by atoms with van der Waals surface area (Å²) in [6.07, 6.45) is 1.71. The van der Waals surface area contributed by atoms with E-state index in [-0.39, 0.29) is 25.0 Å². The fourth-order valence-electron chi connectivity index (χ4n) is 1.30. The Balaban J connectivity index is 2.26. The summed E-state index contributed by atoms with van der Waals surface area (Å²) in [5.41, 5.74) is 6.23. The maximum absolute atomic E-state index is 11.4. The summed E-state index contributed by atoms with van der Waals surface area (Å²) in [5, 5.41) is 11.2. The molecule has 0 saturated heterocycles. The molecule has 6 nitrogen and oxygen atoms in total. The molecule has 2 atom stereocenters. The number of nitrogens with one attached hydrogen (secondary N) is 1. The van der Waals surface area contributed by atoms with Gasteiger partial charge in [-0.25, -0.2) is 0 Å². The molecule has 1 rings (SSSR count). The van der Waals surface area contributed by atoms with E-state index in [0.717, 1.165) is 5.57 Å². The fourth-order valence-corrected chi connectivity index (χ4v) is 1.30. The van der Waals surface area contributed by atoms with Crippen LogP contribution in [0.3, 0.4) is 0 Å². The van der Waals surface area contributed by atoms with Crippen molar-refractivity contribution in [2.45, 2.75) is 32.0 Å². The highest BCUT2D eigenvalue weighted by atomic mass is 16.5. The molecule has 1 heterocycles. The quantitative estimate of drug-likeness (QED) is 0.555. The normalized spacial score (nSPS) is 21.4. The lowest BCUT2D eigenvalue weighted by Crippen LogP contribution is -2.37. The van der Waals surface area contributed by atoms with Crippen LogP contribution in [0.4, 0.5) is 0 Å². The number of aliphatic carboxylic acids is 1. The summed E-state index contributed by atoms with van der Waals surface area (Å²) in [7, 11) is 0. The lowest BCUT2D eigenvalue weighted by Gasteiger charge is -2.14. The third kappa shape index (κ3) is 3.63.